The first-order chi connectivity index (χ1) is 9.56. The molecule has 5 nitrogen and oxygen atoms in total. The van der Waals surface area contributed by atoms with Crippen molar-refractivity contribution in [2.24, 2.45) is 5.92 Å². The molecule has 3 amide bonds. The van der Waals surface area contributed by atoms with E-state index >= 15 is 0 Å². The van der Waals surface area contributed by atoms with Gasteiger partial charge in [-0.2, -0.15) is 0 Å². The van der Waals surface area contributed by atoms with Gasteiger partial charge in [0, 0.05) is 30.9 Å². The zero-order chi connectivity index (χ0) is 14.5. The number of carbonyl (C=O) groups excluding carboxylic acids is 2. The highest BCUT2D eigenvalue weighted by Crippen LogP contribution is 2.19. The molecule has 0 saturated carbocycles. The summed E-state index contributed by atoms with van der Waals surface area (Å²) in [7, 11) is 0. The van der Waals surface area contributed by atoms with Gasteiger partial charge in [0.15, 0.2) is 0 Å². The summed E-state index contributed by atoms with van der Waals surface area (Å²) in [6.45, 7) is 5.55. The van der Waals surface area contributed by atoms with Crippen LogP contribution < -0.4 is 15.5 Å². The van der Waals surface area contributed by atoms with Crippen molar-refractivity contribution in [1.29, 1.82) is 0 Å². The van der Waals surface area contributed by atoms with Crippen molar-refractivity contribution in [3.8, 4) is 0 Å². The number of benzene rings is 1. The maximum absolute atomic E-state index is 11.7. The van der Waals surface area contributed by atoms with Gasteiger partial charge in [0.1, 0.15) is 0 Å². The fourth-order valence-corrected chi connectivity index (χ4v) is 2.09. The van der Waals surface area contributed by atoms with Gasteiger partial charge in [0.05, 0.1) is 0 Å². The monoisotopic (exact) mass is 275 g/mol. The fraction of sp³-hybridized carbons (Fsp3) is 0.467. The number of hydrogen-bond acceptors (Lipinski definition) is 2. The lowest BCUT2D eigenvalue weighted by molar-refractivity contribution is -0.116. The molecule has 0 spiro atoms. The molecule has 1 aliphatic rings. The molecule has 1 saturated heterocycles. The molecule has 5 heteroatoms. The van der Waals surface area contributed by atoms with E-state index in [1.165, 1.54) is 0 Å². The molecule has 1 fully saturated rings. The van der Waals surface area contributed by atoms with E-state index in [9.17, 15) is 9.59 Å². The number of anilines is 2. The second-order valence-electron chi connectivity index (χ2n) is 5.41. The van der Waals surface area contributed by atoms with E-state index in [1.54, 1.807) is 4.90 Å². The number of rotatable bonds is 5. The van der Waals surface area contributed by atoms with Crippen molar-refractivity contribution in [1.82, 2.24) is 5.32 Å². The normalized spacial score (nSPS) is 14.6. The fourth-order valence-electron chi connectivity index (χ4n) is 2.09. The molecule has 2 N–H and O–H groups in total. The van der Waals surface area contributed by atoms with Gasteiger partial charge in [-0.1, -0.05) is 13.8 Å². The molecule has 0 bridgehead atoms. The Morgan fingerprint density at radius 1 is 1.35 bits per heavy atom. The number of amides is 3. The van der Waals surface area contributed by atoms with Crippen LogP contribution in [0.4, 0.5) is 16.2 Å². The zero-order valence-corrected chi connectivity index (χ0v) is 12.0. The molecule has 0 aromatic heterocycles. The van der Waals surface area contributed by atoms with Crippen LogP contribution in [0.25, 0.3) is 0 Å². The van der Waals surface area contributed by atoms with Crippen LogP contribution in [-0.2, 0) is 4.79 Å². The third-order valence-corrected chi connectivity index (χ3v) is 3.27. The van der Waals surface area contributed by atoms with E-state index < -0.39 is 0 Å². The molecule has 108 valence electrons. The Balaban J connectivity index is 1.91. The lowest BCUT2D eigenvalue weighted by Gasteiger charge is -2.14. The molecule has 1 aromatic carbocycles. The average molecular weight is 275 g/mol. The Morgan fingerprint density at radius 3 is 2.60 bits per heavy atom. The van der Waals surface area contributed by atoms with Gasteiger partial charge in [0.25, 0.3) is 0 Å². The van der Waals surface area contributed by atoms with Crippen molar-refractivity contribution >= 4 is 23.3 Å². The highest BCUT2D eigenvalue weighted by molar-refractivity contribution is 5.95. The van der Waals surface area contributed by atoms with Crippen molar-refractivity contribution < 1.29 is 9.59 Å². The van der Waals surface area contributed by atoms with Gasteiger partial charge in [-0.3, -0.25) is 9.69 Å². The topological polar surface area (TPSA) is 61.4 Å². The molecule has 0 atom stereocenters. The van der Waals surface area contributed by atoms with Crippen molar-refractivity contribution in [3.05, 3.63) is 24.3 Å². The molecule has 1 aliphatic heterocycles. The minimum absolute atomic E-state index is 0.0327. The summed E-state index contributed by atoms with van der Waals surface area (Å²) < 4.78 is 0. The number of carbonyl (C=O) groups is 2. The summed E-state index contributed by atoms with van der Waals surface area (Å²) in [6.07, 6.45) is 1.42. The molecular weight excluding hydrogens is 254 g/mol. The van der Waals surface area contributed by atoms with Gasteiger partial charge in [-0.15, -0.1) is 0 Å². The molecular formula is C15H21N3O2. The predicted octanol–water partition coefficient (Wildman–Crippen LogP) is 2.59. The van der Waals surface area contributed by atoms with Crippen molar-refractivity contribution in [3.63, 3.8) is 0 Å². The molecule has 0 unspecified atom stereocenters. The van der Waals surface area contributed by atoms with Crippen LogP contribution in [0.2, 0.25) is 0 Å². The number of nitrogens with zero attached hydrogens (tertiary/aromatic N) is 1. The number of urea groups is 1. The van der Waals surface area contributed by atoms with Crippen molar-refractivity contribution in [2.45, 2.75) is 26.7 Å². The van der Waals surface area contributed by atoms with Gasteiger partial charge in [-0.05, 0) is 36.6 Å². The first kappa shape index (κ1) is 14.4. The van der Waals surface area contributed by atoms with Crippen LogP contribution in [0.5, 0.6) is 0 Å². The molecule has 0 aliphatic carbocycles. The maximum Gasteiger partial charge on any atom is 0.321 e. The van der Waals surface area contributed by atoms with Crippen molar-refractivity contribution in [2.75, 3.05) is 23.3 Å². The summed E-state index contributed by atoms with van der Waals surface area (Å²) in [4.78, 5) is 24.9. The molecule has 0 radical (unpaired) electrons. The molecule has 2 rings (SSSR count). The van der Waals surface area contributed by atoms with E-state index in [-0.39, 0.29) is 11.9 Å². The van der Waals surface area contributed by atoms with Crippen LogP contribution in [0.1, 0.15) is 26.7 Å². The lowest BCUT2D eigenvalue weighted by Crippen LogP contribution is -2.27. The Hall–Kier alpha value is -2.04. The summed E-state index contributed by atoms with van der Waals surface area (Å²) in [6, 6.07) is 7.28. The highest BCUT2D eigenvalue weighted by atomic mass is 16.2. The first-order valence-electron chi connectivity index (χ1n) is 7.01. The summed E-state index contributed by atoms with van der Waals surface area (Å²) in [5.41, 5.74) is 1.61. The minimum Gasteiger partial charge on any atom is -0.336 e. The quantitative estimate of drug-likeness (QED) is 0.867. The average Bonchev–Trinajstić information content (AvgIpc) is 2.84. The molecule has 20 heavy (non-hydrogen) atoms. The number of nitrogens with one attached hydrogen (secondary N) is 2. The van der Waals surface area contributed by atoms with E-state index in [2.05, 4.69) is 24.5 Å². The minimum atomic E-state index is -0.0706. The third-order valence-electron chi connectivity index (χ3n) is 3.27. The predicted molar refractivity (Wildman–Crippen MR) is 79.9 cm³/mol. The van der Waals surface area contributed by atoms with Crippen LogP contribution in [0.15, 0.2) is 24.3 Å². The Labute approximate surface area is 119 Å². The Morgan fingerprint density at radius 2 is 2.05 bits per heavy atom. The smallest absolute Gasteiger partial charge is 0.321 e. The first-order valence-corrected chi connectivity index (χ1v) is 7.01. The van der Waals surface area contributed by atoms with E-state index in [0.29, 0.717) is 25.4 Å². The molecule has 1 heterocycles. The van der Waals surface area contributed by atoms with Crippen LogP contribution in [-0.4, -0.2) is 25.0 Å². The largest absolute Gasteiger partial charge is 0.336 e. The van der Waals surface area contributed by atoms with Gasteiger partial charge < -0.3 is 10.6 Å². The summed E-state index contributed by atoms with van der Waals surface area (Å²) in [5, 5.41) is 5.63. The van der Waals surface area contributed by atoms with Crippen LogP contribution in [0.3, 0.4) is 0 Å². The number of hydrogen-bond donors (Lipinski definition) is 2. The van der Waals surface area contributed by atoms with E-state index in [0.717, 1.165) is 17.8 Å². The molecule has 1 aromatic rings. The summed E-state index contributed by atoms with van der Waals surface area (Å²) >= 11 is 0. The lowest BCUT2D eigenvalue weighted by atomic mass is 10.1. The second kappa shape index (κ2) is 6.41. The third kappa shape index (κ3) is 3.73. The Kier molecular flexibility index (Phi) is 4.61. The van der Waals surface area contributed by atoms with Crippen LogP contribution >= 0.6 is 0 Å². The van der Waals surface area contributed by atoms with E-state index in [1.807, 2.05) is 24.3 Å². The summed E-state index contributed by atoms with van der Waals surface area (Å²) in [5.74, 6) is 0.558. The standard InChI is InChI=1S/C15H21N3O2/c1-11(2)3-8-14(19)17-12-4-6-13(7-5-12)18-10-9-16-15(18)20/h4-7,11H,3,8-10H2,1-2H3,(H,16,20)(H,17,19). The Bertz CT molecular complexity index is 482. The second-order valence-corrected chi connectivity index (χ2v) is 5.41. The van der Waals surface area contributed by atoms with Gasteiger partial charge in [-0.25, -0.2) is 4.79 Å². The van der Waals surface area contributed by atoms with Gasteiger partial charge in [0.2, 0.25) is 5.91 Å². The zero-order valence-electron chi connectivity index (χ0n) is 12.0. The maximum atomic E-state index is 11.7. The van der Waals surface area contributed by atoms with Crippen LogP contribution in [0, 0.1) is 5.92 Å². The van der Waals surface area contributed by atoms with E-state index in [4.69, 9.17) is 0 Å². The SMILES string of the molecule is CC(C)CCC(=O)Nc1ccc(N2CCNC2=O)cc1. The highest BCUT2D eigenvalue weighted by Gasteiger charge is 2.20. The van der Waals surface area contributed by atoms with Gasteiger partial charge >= 0.3 is 6.03 Å².